The number of nitrogen functional groups attached to an aromatic ring is 1. The summed E-state index contributed by atoms with van der Waals surface area (Å²) in [6.07, 6.45) is 3.64. The van der Waals surface area contributed by atoms with Crippen molar-refractivity contribution in [3.8, 4) is 0 Å². The van der Waals surface area contributed by atoms with Gasteiger partial charge in [-0.3, -0.25) is 0 Å². The monoisotopic (exact) mass is 264 g/mol. The van der Waals surface area contributed by atoms with E-state index in [1.165, 1.54) is 6.20 Å². The van der Waals surface area contributed by atoms with Crippen molar-refractivity contribution < 1.29 is 9.90 Å². The predicted octanol–water partition coefficient (Wildman–Crippen LogP) is 0.892. The molecule has 19 heavy (non-hydrogen) atoms. The Bertz CT molecular complexity index is 476. The van der Waals surface area contributed by atoms with E-state index in [2.05, 4.69) is 14.8 Å². The summed E-state index contributed by atoms with van der Waals surface area (Å²) in [6, 6.07) is 1.96. The Labute approximate surface area is 112 Å². The number of nitrogens with two attached hydrogens (primary N) is 1. The van der Waals surface area contributed by atoms with Crippen molar-refractivity contribution in [1.82, 2.24) is 9.88 Å². The van der Waals surface area contributed by atoms with Gasteiger partial charge in [0.2, 0.25) is 0 Å². The van der Waals surface area contributed by atoms with E-state index in [9.17, 15) is 4.79 Å². The average molecular weight is 264 g/mol. The standard InChI is InChI=1S/C13H20N4O2/c1-16(2)8-9-4-3-5-17(9)12-6-10(13(18)19)11(14)7-15-12/h6-7,9H,3-5,8,14H2,1-2H3,(H,18,19). The maximum absolute atomic E-state index is 11.1. The molecule has 2 rings (SSSR count). The second kappa shape index (κ2) is 5.44. The van der Waals surface area contributed by atoms with Crippen LogP contribution in [0.4, 0.5) is 11.5 Å². The first-order valence-electron chi connectivity index (χ1n) is 6.39. The van der Waals surface area contributed by atoms with Gasteiger partial charge in [0.15, 0.2) is 0 Å². The van der Waals surface area contributed by atoms with E-state index < -0.39 is 5.97 Å². The van der Waals surface area contributed by atoms with Gasteiger partial charge in [0.25, 0.3) is 0 Å². The number of carboxylic acids is 1. The van der Waals surface area contributed by atoms with Crippen LogP contribution in [0, 0.1) is 0 Å². The molecule has 3 N–H and O–H groups in total. The molecule has 1 aliphatic rings. The number of hydrogen-bond acceptors (Lipinski definition) is 5. The lowest BCUT2D eigenvalue weighted by molar-refractivity contribution is 0.0698. The van der Waals surface area contributed by atoms with Gasteiger partial charge in [-0.1, -0.05) is 0 Å². The van der Waals surface area contributed by atoms with Crippen molar-refractivity contribution in [3.63, 3.8) is 0 Å². The molecule has 6 heteroatoms. The molecule has 104 valence electrons. The van der Waals surface area contributed by atoms with E-state index in [1.54, 1.807) is 6.07 Å². The third kappa shape index (κ3) is 2.96. The molecule has 0 aliphatic carbocycles. The van der Waals surface area contributed by atoms with E-state index in [4.69, 9.17) is 10.8 Å². The second-order valence-corrected chi connectivity index (χ2v) is 5.19. The van der Waals surface area contributed by atoms with Crippen molar-refractivity contribution >= 4 is 17.5 Å². The quantitative estimate of drug-likeness (QED) is 0.840. The molecule has 0 spiro atoms. The Morgan fingerprint density at radius 2 is 2.37 bits per heavy atom. The number of aromatic nitrogens is 1. The molecule has 2 heterocycles. The zero-order valence-corrected chi connectivity index (χ0v) is 11.3. The number of carboxylic acid groups (broad SMARTS) is 1. The van der Waals surface area contributed by atoms with Crippen LogP contribution >= 0.6 is 0 Å². The largest absolute Gasteiger partial charge is 0.478 e. The lowest BCUT2D eigenvalue weighted by Gasteiger charge is -2.28. The van der Waals surface area contributed by atoms with Crippen LogP contribution in [0.25, 0.3) is 0 Å². The van der Waals surface area contributed by atoms with E-state index in [0.29, 0.717) is 11.9 Å². The molecule has 0 radical (unpaired) electrons. The topological polar surface area (TPSA) is 82.7 Å². The van der Waals surface area contributed by atoms with Crippen LogP contribution < -0.4 is 10.6 Å². The maximum Gasteiger partial charge on any atom is 0.337 e. The molecule has 1 fully saturated rings. The van der Waals surface area contributed by atoms with E-state index >= 15 is 0 Å². The van der Waals surface area contributed by atoms with Crippen LogP contribution in [-0.2, 0) is 0 Å². The summed E-state index contributed by atoms with van der Waals surface area (Å²) < 4.78 is 0. The van der Waals surface area contributed by atoms with E-state index in [-0.39, 0.29) is 11.3 Å². The predicted molar refractivity (Wildman–Crippen MR) is 74.5 cm³/mol. The fraction of sp³-hybridized carbons (Fsp3) is 0.538. The van der Waals surface area contributed by atoms with Gasteiger partial charge in [0, 0.05) is 19.1 Å². The first-order valence-corrected chi connectivity index (χ1v) is 6.39. The third-order valence-electron chi connectivity index (χ3n) is 3.40. The molecule has 1 atom stereocenters. The molecule has 1 saturated heterocycles. The molecule has 1 aromatic rings. The molecule has 0 bridgehead atoms. The Balaban J connectivity index is 2.25. The average Bonchev–Trinajstić information content (AvgIpc) is 2.76. The summed E-state index contributed by atoms with van der Waals surface area (Å²) in [7, 11) is 4.07. The van der Waals surface area contributed by atoms with E-state index in [0.717, 1.165) is 25.9 Å². The third-order valence-corrected chi connectivity index (χ3v) is 3.40. The fourth-order valence-corrected chi connectivity index (χ4v) is 2.55. The molecule has 6 nitrogen and oxygen atoms in total. The van der Waals surface area contributed by atoms with E-state index in [1.807, 2.05) is 14.1 Å². The van der Waals surface area contributed by atoms with Gasteiger partial charge in [-0.05, 0) is 33.0 Å². The first-order chi connectivity index (χ1) is 8.99. The van der Waals surface area contributed by atoms with Gasteiger partial charge in [-0.15, -0.1) is 0 Å². The SMILES string of the molecule is CN(C)CC1CCCN1c1cc(C(=O)O)c(N)cn1. The van der Waals surface area contributed by atoms with Crippen LogP contribution in [0.15, 0.2) is 12.3 Å². The van der Waals surface area contributed by atoms with Crippen molar-refractivity contribution in [2.75, 3.05) is 37.8 Å². The molecular weight excluding hydrogens is 244 g/mol. The molecule has 1 unspecified atom stereocenters. The highest BCUT2D eigenvalue weighted by Gasteiger charge is 2.26. The molecular formula is C13H20N4O2. The summed E-state index contributed by atoms with van der Waals surface area (Å²) >= 11 is 0. The highest BCUT2D eigenvalue weighted by atomic mass is 16.4. The minimum Gasteiger partial charge on any atom is -0.478 e. The van der Waals surface area contributed by atoms with Crippen molar-refractivity contribution in [1.29, 1.82) is 0 Å². The summed E-state index contributed by atoms with van der Waals surface area (Å²) in [5, 5.41) is 9.11. The number of anilines is 2. The Kier molecular flexibility index (Phi) is 3.90. The fourth-order valence-electron chi connectivity index (χ4n) is 2.55. The number of nitrogens with zero attached hydrogens (tertiary/aromatic N) is 3. The summed E-state index contributed by atoms with van der Waals surface area (Å²) in [5.41, 5.74) is 5.97. The number of carbonyl (C=O) groups is 1. The van der Waals surface area contributed by atoms with Crippen LogP contribution in [0.1, 0.15) is 23.2 Å². The lowest BCUT2D eigenvalue weighted by Crippen LogP contribution is -2.38. The van der Waals surface area contributed by atoms with Crippen molar-refractivity contribution in [2.45, 2.75) is 18.9 Å². The van der Waals surface area contributed by atoms with Gasteiger partial charge in [0.1, 0.15) is 5.82 Å². The summed E-state index contributed by atoms with van der Waals surface area (Å²) in [6.45, 7) is 1.85. The second-order valence-electron chi connectivity index (χ2n) is 5.19. The lowest BCUT2D eigenvalue weighted by atomic mass is 10.2. The van der Waals surface area contributed by atoms with Crippen LogP contribution in [0.2, 0.25) is 0 Å². The molecule has 0 aromatic carbocycles. The Hall–Kier alpha value is -1.82. The van der Waals surface area contributed by atoms with Crippen LogP contribution in [-0.4, -0.2) is 54.2 Å². The number of likely N-dealkylation sites (N-methyl/N-ethyl adjacent to an activating group) is 1. The first kappa shape index (κ1) is 13.6. The van der Waals surface area contributed by atoms with Gasteiger partial charge < -0.3 is 20.6 Å². The number of hydrogen-bond donors (Lipinski definition) is 2. The van der Waals surface area contributed by atoms with Gasteiger partial charge in [-0.2, -0.15) is 0 Å². The highest BCUT2D eigenvalue weighted by Crippen LogP contribution is 2.26. The Morgan fingerprint density at radius 1 is 1.63 bits per heavy atom. The number of rotatable bonds is 4. The van der Waals surface area contributed by atoms with Crippen LogP contribution in [0.3, 0.4) is 0 Å². The highest BCUT2D eigenvalue weighted by molar-refractivity contribution is 5.94. The Morgan fingerprint density at radius 3 is 3.00 bits per heavy atom. The van der Waals surface area contributed by atoms with Crippen molar-refractivity contribution in [3.05, 3.63) is 17.8 Å². The van der Waals surface area contributed by atoms with Gasteiger partial charge >= 0.3 is 5.97 Å². The summed E-state index contributed by atoms with van der Waals surface area (Å²) in [5.74, 6) is -0.305. The molecule has 0 saturated carbocycles. The van der Waals surface area contributed by atoms with Crippen LogP contribution in [0.5, 0.6) is 0 Å². The zero-order valence-electron chi connectivity index (χ0n) is 11.3. The van der Waals surface area contributed by atoms with Gasteiger partial charge in [0.05, 0.1) is 17.4 Å². The number of pyridine rings is 1. The minimum absolute atomic E-state index is 0.125. The zero-order chi connectivity index (χ0) is 14.0. The smallest absolute Gasteiger partial charge is 0.337 e. The maximum atomic E-state index is 11.1. The van der Waals surface area contributed by atoms with Gasteiger partial charge in [-0.25, -0.2) is 9.78 Å². The molecule has 1 aromatic heterocycles. The molecule has 1 aliphatic heterocycles. The summed E-state index contributed by atoms with van der Waals surface area (Å²) in [4.78, 5) is 19.7. The molecule has 0 amide bonds. The minimum atomic E-state index is -1.01. The van der Waals surface area contributed by atoms with Crippen molar-refractivity contribution in [2.24, 2.45) is 0 Å². The number of aromatic carboxylic acids is 1. The normalized spacial score (nSPS) is 19.1.